The Morgan fingerprint density at radius 1 is 1.58 bits per heavy atom. The van der Waals surface area contributed by atoms with Crippen LogP contribution in [0.2, 0.25) is 0 Å². The molecule has 1 aliphatic rings. The van der Waals surface area contributed by atoms with Gasteiger partial charge in [0.05, 0.1) is 0 Å². The van der Waals surface area contributed by atoms with Crippen LogP contribution in [0.15, 0.2) is 24.3 Å². The number of ether oxygens (including phenoxy) is 1. The van der Waals surface area contributed by atoms with Crippen LogP contribution in [0.3, 0.4) is 0 Å². The van der Waals surface area contributed by atoms with Gasteiger partial charge in [0.25, 0.3) is 0 Å². The average molecular weight is 278 g/mol. The molecule has 4 nitrogen and oxygen atoms in total. The molecule has 0 bridgehead atoms. The molecule has 1 aromatic rings. The summed E-state index contributed by atoms with van der Waals surface area (Å²) in [7, 11) is 0. The Bertz CT molecular complexity index is 486. The molecule has 0 heterocycles. The predicted octanol–water partition coefficient (Wildman–Crippen LogP) is 2.34. The van der Waals surface area contributed by atoms with E-state index in [-0.39, 0.29) is 18.4 Å². The van der Waals surface area contributed by atoms with Gasteiger partial charge >= 0.3 is 0 Å². The maximum Gasteiger partial charge on any atom is 0.227 e. The second-order valence-electron chi connectivity index (χ2n) is 4.90. The van der Waals surface area contributed by atoms with Gasteiger partial charge in [-0.25, -0.2) is 0 Å². The minimum absolute atomic E-state index is 0.0639. The van der Waals surface area contributed by atoms with Gasteiger partial charge in [0.2, 0.25) is 5.91 Å². The van der Waals surface area contributed by atoms with Crippen LogP contribution >= 0.6 is 12.2 Å². The van der Waals surface area contributed by atoms with Gasteiger partial charge in [0, 0.05) is 17.7 Å². The van der Waals surface area contributed by atoms with E-state index in [1.54, 1.807) is 12.1 Å². The minimum atomic E-state index is 0.0639. The Balaban J connectivity index is 1.94. The number of amides is 1. The van der Waals surface area contributed by atoms with Crippen molar-refractivity contribution in [3.05, 3.63) is 24.3 Å². The molecule has 1 atom stereocenters. The second-order valence-corrected chi connectivity index (χ2v) is 5.42. The van der Waals surface area contributed by atoms with Crippen molar-refractivity contribution < 1.29 is 9.53 Å². The lowest BCUT2D eigenvalue weighted by molar-refractivity contribution is -0.119. The molecule has 1 saturated carbocycles. The maximum atomic E-state index is 12.0. The van der Waals surface area contributed by atoms with E-state index in [2.05, 4.69) is 5.32 Å². The second kappa shape index (κ2) is 6.02. The first-order valence-corrected chi connectivity index (χ1v) is 6.79. The third-order valence-electron chi connectivity index (χ3n) is 3.23. The fraction of sp³-hybridized carbons (Fsp3) is 0.429. The van der Waals surface area contributed by atoms with Crippen LogP contribution in [0.5, 0.6) is 5.75 Å². The van der Waals surface area contributed by atoms with Crippen molar-refractivity contribution >= 4 is 28.8 Å². The fourth-order valence-corrected chi connectivity index (χ4v) is 1.94. The summed E-state index contributed by atoms with van der Waals surface area (Å²) in [4.78, 5) is 12.3. The van der Waals surface area contributed by atoms with Crippen LogP contribution < -0.4 is 15.8 Å². The van der Waals surface area contributed by atoms with E-state index in [0.29, 0.717) is 16.7 Å². The minimum Gasteiger partial charge on any atom is -0.486 e. The van der Waals surface area contributed by atoms with E-state index >= 15 is 0 Å². The van der Waals surface area contributed by atoms with Crippen molar-refractivity contribution in [2.45, 2.75) is 19.8 Å². The molecular formula is C14H18N2O2S. The molecule has 1 unspecified atom stereocenters. The van der Waals surface area contributed by atoms with Gasteiger partial charge in [-0.3, -0.25) is 4.79 Å². The van der Waals surface area contributed by atoms with Gasteiger partial charge in [-0.1, -0.05) is 25.2 Å². The van der Waals surface area contributed by atoms with E-state index in [1.165, 1.54) is 0 Å². The lowest BCUT2D eigenvalue weighted by Crippen LogP contribution is -2.22. The van der Waals surface area contributed by atoms with Crippen LogP contribution in [0.4, 0.5) is 5.69 Å². The van der Waals surface area contributed by atoms with Gasteiger partial charge in [-0.2, -0.15) is 0 Å². The summed E-state index contributed by atoms with van der Waals surface area (Å²) < 4.78 is 5.39. The standard InChI is InChI=1S/C14H18N2O2S/c1-9(10-5-6-10)14(17)16-11-3-2-4-12(7-11)18-8-13(15)19/h2-4,7,9-10H,5-6,8H2,1H3,(H2,15,19)(H,16,17). The van der Waals surface area contributed by atoms with Crippen LogP contribution in [0.25, 0.3) is 0 Å². The van der Waals surface area contributed by atoms with Crippen LogP contribution in [0, 0.1) is 11.8 Å². The van der Waals surface area contributed by atoms with Gasteiger partial charge < -0.3 is 15.8 Å². The number of benzene rings is 1. The first-order chi connectivity index (χ1) is 9.06. The zero-order chi connectivity index (χ0) is 13.8. The zero-order valence-corrected chi connectivity index (χ0v) is 11.7. The number of carbonyl (C=O) groups is 1. The number of rotatable bonds is 6. The molecule has 1 amide bonds. The normalized spacial score (nSPS) is 15.6. The predicted molar refractivity (Wildman–Crippen MR) is 79.2 cm³/mol. The fourth-order valence-electron chi connectivity index (χ4n) is 1.88. The number of nitrogens with two attached hydrogens (primary N) is 1. The lowest BCUT2D eigenvalue weighted by atomic mass is 10.1. The number of thiocarbonyl (C=S) groups is 1. The summed E-state index contributed by atoms with van der Waals surface area (Å²) in [6.07, 6.45) is 2.32. The highest BCUT2D eigenvalue weighted by molar-refractivity contribution is 7.80. The Morgan fingerprint density at radius 3 is 2.95 bits per heavy atom. The van der Waals surface area contributed by atoms with Crippen molar-refractivity contribution in [1.29, 1.82) is 0 Å². The molecule has 1 aliphatic carbocycles. The molecule has 0 radical (unpaired) electrons. The van der Waals surface area contributed by atoms with E-state index in [4.69, 9.17) is 22.7 Å². The van der Waals surface area contributed by atoms with Gasteiger partial charge in [0.1, 0.15) is 17.3 Å². The van der Waals surface area contributed by atoms with E-state index < -0.39 is 0 Å². The summed E-state index contributed by atoms with van der Waals surface area (Å²) in [6.45, 7) is 2.17. The Hall–Kier alpha value is -1.62. The smallest absolute Gasteiger partial charge is 0.227 e. The SMILES string of the molecule is CC(C(=O)Nc1cccc(OCC(N)=S)c1)C1CC1. The molecule has 5 heteroatoms. The highest BCUT2D eigenvalue weighted by atomic mass is 32.1. The Morgan fingerprint density at radius 2 is 2.32 bits per heavy atom. The number of carbonyl (C=O) groups excluding carboxylic acids is 1. The summed E-state index contributed by atoms with van der Waals surface area (Å²) >= 11 is 4.75. The molecule has 0 aromatic heterocycles. The maximum absolute atomic E-state index is 12.0. The molecule has 3 N–H and O–H groups in total. The molecular weight excluding hydrogens is 260 g/mol. The van der Waals surface area contributed by atoms with Gasteiger partial charge in [0.15, 0.2) is 0 Å². The van der Waals surface area contributed by atoms with E-state index in [1.807, 2.05) is 19.1 Å². The van der Waals surface area contributed by atoms with Crippen LogP contribution in [-0.4, -0.2) is 17.5 Å². The number of hydrogen-bond donors (Lipinski definition) is 2. The molecule has 19 heavy (non-hydrogen) atoms. The van der Waals surface area contributed by atoms with Gasteiger partial charge in [-0.05, 0) is 30.9 Å². The van der Waals surface area contributed by atoms with E-state index in [9.17, 15) is 4.79 Å². The Labute approximate surface area is 118 Å². The van der Waals surface area contributed by atoms with Crippen LogP contribution in [-0.2, 0) is 4.79 Å². The largest absolute Gasteiger partial charge is 0.486 e. The van der Waals surface area contributed by atoms with Gasteiger partial charge in [-0.15, -0.1) is 0 Å². The lowest BCUT2D eigenvalue weighted by Gasteiger charge is -2.12. The number of nitrogens with one attached hydrogen (secondary N) is 1. The topological polar surface area (TPSA) is 64.3 Å². The third kappa shape index (κ3) is 4.21. The van der Waals surface area contributed by atoms with Crippen molar-refractivity contribution in [2.24, 2.45) is 17.6 Å². The molecule has 102 valence electrons. The summed E-state index contributed by atoms with van der Waals surface area (Å²) in [5.41, 5.74) is 6.11. The van der Waals surface area contributed by atoms with Crippen molar-refractivity contribution in [2.75, 3.05) is 11.9 Å². The monoisotopic (exact) mass is 278 g/mol. The van der Waals surface area contributed by atoms with Crippen molar-refractivity contribution in [3.8, 4) is 5.75 Å². The van der Waals surface area contributed by atoms with E-state index in [0.717, 1.165) is 18.5 Å². The Kier molecular flexibility index (Phi) is 4.37. The first kappa shape index (κ1) is 13.8. The average Bonchev–Trinajstić information content (AvgIpc) is 3.20. The summed E-state index contributed by atoms with van der Waals surface area (Å²) in [5.74, 6) is 1.33. The summed E-state index contributed by atoms with van der Waals surface area (Å²) in [6, 6.07) is 7.24. The first-order valence-electron chi connectivity index (χ1n) is 6.38. The summed E-state index contributed by atoms with van der Waals surface area (Å²) in [5, 5.41) is 2.91. The van der Waals surface area contributed by atoms with Crippen molar-refractivity contribution in [3.63, 3.8) is 0 Å². The third-order valence-corrected chi connectivity index (χ3v) is 3.34. The highest BCUT2D eigenvalue weighted by Crippen LogP contribution is 2.37. The quantitative estimate of drug-likeness (QED) is 0.784. The molecule has 1 fully saturated rings. The van der Waals surface area contributed by atoms with Crippen molar-refractivity contribution in [1.82, 2.24) is 0 Å². The molecule has 2 rings (SSSR count). The zero-order valence-electron chi connectivity index (χ0n) is 10.9. The highest BCUT2D eigenvalue weighted by Gasteiger charge is 2.32. The molecule has 0 spiro atoms. The molecule has 0 saturated heterocycles. The number of anilines is 1. The van der Waals surface area contributed by atoms with Crippen LogP contribution in [0.1, 0.15) is 19.8 Å². The molecule has 1 aromatic carbocycles. The molecule has 0 aliphatic heterocycles. The number of hydrogen-bond acceptors (Lipinski definition) is 3.